The molecule has 0 amide bonds. The van der Waals surface area contributed by atoms with Crippen molar-refractivity contribution in [2.24, 2.45) is 0 Å². The molecule has 2 aromatic heterocycles. The van der Waals surface area contributed by atoms with E-state index in [1.54, 1.807) is 29.7 Å². The number of hydrogen-bond acceptors (Lipinski definition) is 7. The molecule has 2 heterocycles. The van der Waals surface area contributed by atoms with Crippen LogP contribution in [0.15, 0.2) is 36.5 Å². The zero-order chi connectivity index (χ0) is 16.4. The van der Waals surface area contributed by atoms with Gasteiger partial charge in [0, 0.05) is 24.0 Å². The van der Waals surface area contributed by atoms with Gasteiger partial charge < -0.3 is 5.32 Å². The van der Waals surface area contributed by atoms with E-state index in [-0.39, 0.29) is 5.69 Å². The van der Waals surface area contributed by atoms with Crippen molar-refractivity contribution in [3.05, 3.63) is 57.3 Å². The molecule has 0 spiro atoms. The molecule has 3 aromatic rings. The van der Waals surface area contributed by atoms with Crippen LogP contribution in [-0.4, -0.2) is 19.9 Å². The van der Waals surface area contributed by atoms with E-state index in [2.05, 4.69) is 20.3 Å². The first-order chi connectivity index (χ1) is 11.0. The van der Waals surface area contributed by atoms with Gasteiger partial charge in [0.2, 0.25) is 5.95 Å². The van der Waals surface area contributed by atoms with E-state index < -0.39 is 4.92 Å². The molecule has 8 heteroatoms. The highest BCUT2D eigenvalue weighted by Gasteiger charge is 2.10. The molecule has 0 saturated carbocycles. The lowest BCUT2D eigenvalue weighted by Gasteiger charge is -2.05. The summed E-state index contributed by atoms with van der Waals surface area (Å²) in [6, 6.07) is 7.94. The zero-order valence-corrected chi connectivity index (χ0v) is 13.3. The topological polar surface area (TPSA) is 93.8 Å². The molecule has 0 unspecified atom stereocenters. The summed E-state index contributed by atoms with van der Waals surface area (Å²) in [6.07, 6.45) is 1.67. The van der Waals surface area contributed by atoms with Crippen molar-refractivity contribution in [1.29, 1.82) is 0 Å². The largest absolute Gasteiger partial charge is 0.324 e. The number of nitro groups is 1. The summed E-state index contributed by atoms with van der Waals surface area (Å²) in [6.45, 7) is 3.91. The number of nitrogens with one attached hydrogen (secondary N) is 1. The van der Waals surface area contributed by atoms with Gasteiger partial charge in [0.05, 0.1) is 26.2 Å². The third kappa shape index (κ3) is 3.32. The molecule has 0 aliphatic carbocycles. The maximum absolute atomic E-state index is 10.7. The van der Waals surface area contributed by atoms with Gasteiger partial charge in [-0.1, -0.05) is 0 Å². The fourth-order valence-corrected chi connectivity index (χ4v) is 3.00. The van der Waals surface area contributed by atoms with E-state index in [1.165, 1.54) is 12.1 Å². The van der Waals surface area contributed by atoms with Gasteiger partial charge in [-0.2, -0.15) is 0 Å². The van der Waals surface area contributed by atoms with Crippen LogP contribution < -0.4 is 5.32 Å². The average Bonchev–Trinajstić information content (AvgIpc) is 2.87. The van der Waals surface area contributed by atoms with Gasteiger partial charge in [-0.25, -0.2) is 15.0 Å². The standard InChI is InChI=1S/C15H13N5O2S/c1-9-14(23-10(2)17-9)13-7-8-16-15(19-13)18-11-3-5-12(6-4-11)20(21)22/h3-8H,1-2H3,(H,16,18,19). The van der Waals surface area contributed by atoms with Gasteiger partial charge in [0.25, 0.3) is 5.69 Å². The Labute approximate surface area is 136 Å². The Morgan fingerprint density at radius 1 is 1.13 bits per heavy atom. The number of thiazole rings is 1. The van der Waals surface area contributed by atoms with Crippen LogP contribution in [0.25, 0.3) is 10.6 Å². The van der Waals surface area contributed by atoms with E-state index in [4.69, 9.17) is 0 Å². The molecular weight excluding hydrogens is 314 g/mol. The molecule has 23 heavy (non-hydrogen) atoms. The van der Waals surface area contributed by atoms with Crippen LogP contribution in [0.2, 0.25) is 0 Å². The highest BCUT2D eigenvalue weighted by atomic mass is 32.1. The van der Waals surface area contributed by atoms with Gasteiger partial charge in [-0.3, -0.25) is 10.1 Å². The second-order valence-electron chi connectivity index (χ2n) is 4.84. The molecule has 0 fully saturated rings. The fraction of sp³-hybridized carbons (Fsp3) is 0.133. The minimum Gasteiger partial charge on any atom is -0.324 e. The quantitative estimate of drug-likeness (QED) is 0.577. The molecule has 0 aliphatic rings. The molecule has 3 rings (SSSR count). The zero-order valence-electron chi connectivity index (χ0n) is 12.5. The molecule has 1 N–H and O–H groups in total. The predicted octanol–water partition coefficient (Wildman–Crippen LogP) is 3.87. The summed E-state index contributed by atoms with van der Waals surface area (Å²) in [5, 5.41) is 14.7. The number of aromatic nitrogens is 3. The van der Waals surface area contributed by atoms with Gasteiger partial charge in [0.15, 0.2) is 0 Å². The van der Waals surface area contributed by atoms with Crippen molar-refractivity contribution < 1.29 is 4.92 Å². The van der Waals surface area contributed by atoms with Crippen molar-refractivity contribution in [3.8, 4) is 10.6 Å². The Balaban J connectivity index is 1.85. The number of nitro benzene ring substituents is 1. The minimum absolute atomic E-state index is 0.0426. The second kappa shape index (κ2) is 6.09. The van der Waals surface area contributed by atoms with E-state index >= 15 is 0 Å². The van der Waals surface area contributed by atoms with Crippen LogP contribution in [0.3, 0.4) is 0 Å². The number of aryl methyl sites for hydroxylation is 2. The van der Waals surface area contributed by atoms with E-state index in [1.807, 2.05) is 19.9 Å². The van der Waals surface area contributed by atoms with Crippen molar-refractivity contribution in [3.63, 3.8) is 0 Å². The molecule has 0 aliphatic heterocycles. The maximum Gasteiger partial charge on any atom is 0.269 e. The van der Waals surface area contributed by atoms with Crippen LogP contribution in [-0.2, 0) is 0 Å². The SMILES string of the molecule is Cc1nc(C)c(-c2ccnc(Nc3ccc([N+](=O)[O-])cc3)n2)s1. The van der Waals surface area contributed by atoms with Crippen molar-refractivity contribution in [1.82, 2.24) is 15.0 Å². The normalized spacial score (nSPS) is 10.5. The van der Waals surface area contributed by atoms with Crippen LogP contribution in [0.1, 0.15) is 10.7 Å². The summed E-state index contributed by atoms with van der Waals surface area (Å²) in [5.74, 6) is 0.432. The number of hydrogen-bond donors (Lipinski definition) is 1. The lowest BCUT2D eigenvalue weighted by molar-refractivity contribution is -0.384. The number of non-ortho nitro benzene ring substituents is 1. The number of nitrogens with zero attached hydrogens (tertiary/aromatic N) is 4. The molecule has 116 valence electrons. The molecule has 0 radical (unpaired) electrons. The summed E-state index contributed by atoms with van der Waals surface area (Å²) in [7, 11) is 0. The average molecular weight is 327 g/mol. The van der Waals surface area contributed by atoms with Crippen LogP contribution in [0.5, 0.6) is 0 Å². The molecule has 7 nitrogen and oxygen atoms in total. The number of rotatable bonds is 4. The highest BCUT2D eigenvalue weighted by Crippen LogP contribution is 2.28. The summed E-state index contributed by atoms with van der Waals surface area (Å²) < 4.78 is 0. The van der Waals surface area contributed by atoms with Gasteiger partial charge in [0.1, 0.15) is 0 Å². The molecule has 1 aromatic carbocycles. The first kappa shape index (κ1) is 15.0. The summed E-state index contributed by atoms with van der Waals surface area (Å²) in [4.78, 5) is 24.3. The maximum atomic E-state index is 10.7. The molecule has 0 saturated heterocycles. The highest BCUT2D eigenvalue weighted by molar-refractivity contribution is 7.15. The fourth-order valence-electron chi connectivity index (χ4n) is 2.11. The lowest BCUT2D eigenvalue weighted by atomic mass is 10.3. The monoisotopic (exact) mass is 327 g/mol. The summed E-state index contributed by atoms with van der Waals surface area (Å²) >= 11 is 1.58. The summed E-state index contributed by atoms with van der Waals surface area (Å²) in [5.41, 5.74) is 2.46. The first-order valence-corrected chi connectivity index (χ1v) is 7.63. The Morgan fingerprint density at radius 3 is 2.48 bits per heavy atom. The van der Waals surface area contributed by atoms with Crippen molar-refractivity contribution >= 4 is 28.7 Å². The second-order valence-corrected chi connectivity index (χ2v) is 6.05. The molecule has 0 bridgehead atoms. The molecular formula is C15H13N5O2S. The van der Waals surface area contributed by atoms with Gasteiger partial charge >= 0.3 is 0 Å². The van der Waals surface area contributed by atoms with Gasteiger partial charge in [-0.15, -0.1) is 11.3 Å². The molecule has 0 atom stereocenters. The van der Waals surface area contributed by atoms with E-state index in [0.717, 1.165) is 21.3 Å². The minimum atomic E-state index is -0.435. The third-order valence-electron chi connectivity index (χ3n) is 3.13. The van der Waals surface area contributed by atoms with Gasteiger partial charge in [-0.05, 0) is 32.0 Å². The first-order valence-electron chi connectivity index (χ1n) is 6.82. The van der Waals surface area contributed by atoms with Crippen molar-refractivity contribution in [2.45, 2.75) is 13.8 Å². The lowest BCUT2D eigenvalue weighted by Crippen LogP contribution is -1.98. The Bertz CT molecular complexity index is 861. The number of benzene rings is 1. The third-order valence-corrected chi connectivity index (χ3v) is 4.22. The Hall–Kier alpha value is -2.87. The Kier molecular flexibility index (Phi) is 3.98. The van der Waals surface area contributed by atoms with Crippen LogP contribution in [0, 0.1) is 24.0 Å². The predicted molar refractivity (Wildman–Crippen MR) is 89.0 cm³/mol. The van der Waals surface area contributed by atoms with E-state index in [0.29, 0.717) is 11.6 Å². The van der Waals surface area contributed by atoms with E-state index in [9.17, 15) is 10.1 Å². The Morgan fingerprint density at radius 2 is 1.87 bits per heavy atom. The number of anilines is 2. The van der Waals surface area contributed by atoms with Crippen molar-refractivity contribution in [2.75, 3.05) is 5.32 Å². The van der Waals surface area contributed by atoms with Crippen LogP contribution >= 0.6 is 11.3 Å². The smallest absolute Gasteiger partial charge is 0.269 e. The van der Waals surface area contributed by atoms with Crippen LogP contribution in [0.4, 0.5) is 17.3 Å².